The Labute approximate surface area is 92.9 Å². The summed E-state index contributed by atoms with van der Waals surface area (Å²) in [6, 6.07) is 0.402. The van der Waals surface area contributed by atoms with Gasteiger partial charge in [-0.1, -0.05) is 20.3 Å². The highest BCUT2D eigenvalue weighted by Gasteiger charge is 2.29. The Morgan fingerprint density at radius 1 is 1.27 bits per heavy atom. The molecule has 1 fully saturated rings. The van der Waals surface area contributed by atoms with Crippen LogP contribution in [0.2, 0.25) is 0 Å². The molecule has 3 nitrogen and oxygen atoms in total. The molecule has 2 atom stereocenters. The first-order chi connectivity index (χ1) is 7.15. The number of hydrogen-bond acceptors (Lipinski definition) is 3. The number of aliphatic hydroxyl groups is 2. The highest BCUT2D eigenvalue weighted by atomic mass is 16.3. The van der Waals surface area contributed by atoms with E-state index in [9.17, 15) is 10.2 Å². The van der Waals surface area contributed by atoms with Gasteiger partial charge in [0.1, 0.15) is 0 Å². The van der Waals surface area contributed by atoms with Crippen molar-refractivity contribution in [2.45, 2.75) is 57.6 Å². The van der Waals surface area contributed by atoms with Gasteiger partial charge < -0.3 is 15.5 Å². The van der Waals surface area contributed by atoms with Crippen LogP contribution in [0.3, 0.4) is 0 Å². The lowest BCUT2D eigenvalue weighted by molar-refractivity contribution is 0.0274. The zero-order valence-electron chi connectivity index (χ0n) is 10.00. The highest BCUT2D eigenvalue weighted by molar-refractivity contribution is 4.86. The van der Waals surface area contributed by atoms with Crippen LogP contribution in [0.15, 0.2) is 0 Å². The summed E-state index contributed by atoms with van der Waals surface area (Å²) in [4.78, 5) is 0. The molecular weight excluding hydrogens is 190 g/mol. The van der Waals surface area contributed by atoms with E-state index in [1.54, 1.807) is 0 Å². The molecule has 1 saturated carbocycles. The highest BCUT2D eigenvalue weighted by Crippen LogP contribution is 2.25. The third-order valence-electron chi connectivity index (χ3n) is 3.90. The SMILES string of the molecule is CCC(O)(CC)CNC1CCCC1CO. The van der Waals surface area contributed by atoms with Crippen molar-refractivity contribution in [3.8, 4) is 0 Å². The molecule has 0 saturated heterocycles. The maximum atomic E-state index is 10.1. The third kappa shape index (κ3) is 3.44. The fourth-order valence-corrected chi connectivity index (χ4v) is 2.35. The van der Waals surface area contributed by atoms with Gasteiger partial charge in [-0.2, -0.15) is 0 Å². The van der Waals surface area contributed by atoms with E-state index in [4.69, 9.17) is 0 Å². The number of aliphatic hydroxyl groups excluding tert-OH is 1. The molecular formula is C12H25NO2. The van der Waals surface area contributed by atoms with Crippen molar-refractivity contribution in [1.82, 2.24) is 5.32 Å². The normalized spacial score (nSPS) is 27.2. The molecule has 0 spiro atoms. The maximum absolute atomic E-state index is 10.1. The predicted molar refractivity (Wildman–Crippen MR) is 61.7 cm³/mol. The summed E-state index contributed by atoms with van der Waals surface area (Å²) in [6.07, 6.45) is 5.01. The second kappa shape index (κ2) is 5.83. The minimum absolute atomic E-state index is 0.272. The summed E-state index contributed by atoms with van der Waals surface area (Å²) >= 11 is 0. The van der Waals surface area contributed by atoms with Gasteiger partial charge in [0, 0.05) is 19.2 Å². The molecule has 1 aliphatic carbocycles. The second-order valence-corrected chi connectivity index (χ2v) is 4.79. The molecule has 3 heteroatoms. The van der Waals surface area contributed by atoms with Crippen molar-refractivity contribution in [3.63, 3.8) is 0 Å². The van der Waals surface area contributed by atoms with Gasteiger partial charge in [-0.05, 0) is 31.6 Å². The lowest BCUT2D eigenvalue weighted by Gasteiger charge is -2.29. The number of nitrogens with one attached hydrogen (secondary N) is 1. The monoisotopic (exact) mass is 215 g/mol. The topological polar surface area (TPSA) is 52.5 Å². The van der Waals surface area contributed by atoms with Crippen LogP contribution >= 0.6 is 0 Å². The Kier molecular flexibility index (Phi) is 5.03. The van der Waals surface area contributed by atoms with Gasteiger partial charge in [-0.3, -0.25) is 0 Å². The third-order valence-corrected chi connectivity index (χ3v) is 3.90. The molecule has 3 N–H and O–H groups in total. The quantitative estimate of drug-likeness (QED) is 0.626. The first-order valence-corrected chi connectivity index (χ1v) is 6.22. The second-order valence-electron chi connectivity index (χ2n) is 4.79. The summed E-state index contributed by atoms with van der Waals surface area (Å²) in [5, 5.41) is 22.7. The Bertz CT molecular complexity index is 180. The maximum Gasteiger partial charge on any atom is 0.0766 e. The van der Waals surface area contributed by atoms with E-state index in [-0.39, 0.29) is 6.61 Å². The Balaban J connectivity index is 2.35. The molecule has 15 heavy (non-hydrogen) atoms. The lowest BCUT2D eigenvalue weighted by Crippen LogP contribution is -2.45. The standard InChI is InChI=1S/C12H25NO2/c1-3-12(15,4-2)9-13-11-7-5-6-10(11)8-14/h10-11,13-15H,3-9H2,1-2H3. The lowest BCUT2D eigenvalue weighted by atomic mass is 9.96. The summed E-state index contributed by atoms with van der Waals surface area (Å²) < 4.78 is 0. The molecule has 0 aliphatic heterocycles. The molecule has 0 aromatic rings. The van der Waals surface area contributed by atoms with Gasteiger partial charge in [-0.15, -0.1) is 0 Å². The Hall–Kier alpha value is -0.120. The molecule has 0 bridgehead atoms. The van der Waals surface area contributed by atoms with E-state index < -0.39 is 5.60 Å². The van der Waals surface area contributed by atoms with Gasteiger partial charge >= 0.3 is 0 Å². The van der Waals surface area contributed by atoms with Crippen LogP contribution < -0.4 is 5.32 Å². The molecule has 0 heterocycles. The van der Waals surface area contributed by atoms with E-state index in [2.05, 4.69) is 5.32 Å². The van der Waals surface area contributed by atoms with Crippen molar-refractivity contribution in [1.29, 1.82) is 0 Å². The van der Waals surface area contributed by atoms with Crippen molar-refractivity contribution >= 4 is 0 Å². The zero-order chi connectivity index (χ0) is 11.3. The van der Waals surface area contributed by atoms with Gasteiger partial charge in [0.05, 0.1) is 5.60 Å². The zero-order valence-corrected chi connectivity index (χ0v) is 10.00. The average molecular weight is 215 g/mol. The Morgan fingerprint density at radius 3 is 2.47 bits per heavy atom. The molecule has 2 unspecified atom stereocenters. The van der Waals surface area contributed by atoms with E-state index in [0.717, 1.165) is 25.7 Å². The Morgan fingerprint density at radius 2 is 1.93 bits per heavy atom. The van der Waals surface area contributed by atoms with E-state index in [1.165, 1.54) is 6.42 Å². The minimum atomic E-state index is -0.567. The molecule has 1 rings (SSSR count). The van der Waals surface area contributed by atoms with Crippen LogP contribution in [0.25, 0.3) is 0 Å². The average Bonchev–Trinajstić information content (AvgIpc) is 2.73. The van der Waals surface area contributed by atoms with Crippen LogP contribution in [-0.2, 0) is 0 Å². The largest absolute Gasteiger partial charge is 0.396 e. The summed E-state index contributed by atoms with van der Waals surface area (Å²) in [7, 11) is 0. The van der Waals surface area contributed by atoms with Crippen LogP contribution in [0.4, 0.5) is 0 Å². The van der Waals surface area contributed by atoms with E-state index in [0.29, 0.717) is 18.5 Å². The van der Waals surface area contributed by atoms with Crippen LogP contribution in [0.5, 0.6) is 0 Å². The molecule has 1 aliphatic rings. The fourth-order valence-electron chi connectivity index (χ4n) is 2.35. The number of hydrogen-bond donors (Lipinski definition) is 3. The van der Waals surface area contributed by atoms with Crippen molar-refractivity contribution in [2.24, 2.45) is 5.92 Å². The molecule has 90 valence electrons. The van der Waals surface area contributed by atoms with E-state index >= 15 is 0 Å². The van der Waals surface area contributed by atoms with E-state index in [1.807, 2.05) is 13.8 Å². The summed E-state index contributed by atoms with van der Waals surface area (Å²) in [6.45, 7) is 4.96. The van der Waals surface area contributed by atoms with Gasteiger partial charge in [-0.25, -0.2) is 0 Å². The molecule has 0 radical (unpaired) electrons. The summed E-state index contributed by atoms with van der Waals surface area (Å²) in [5.41, 5.74) is -0.567. The van der Waals surface area contributed by atoms with Crippen molar-refractivity contribution in [3.05, 3.63) is 0 Å². The molecule has 0 amide bonds. The molecule has 0 aromatic heterocycles. The molecule has 0 aromatic carbocycles. The fraction of sp³-hybridized carbons (Fsp3) is 1.00. The van der Waals surface area contributed by atoms with Crippen LogP contribution in [0.1, 0.15) is 46.0 Å². The first-order valence-electron chi connectivity index (χ1n) is 6.22. The summed E-state index contributed by atoms with van der Waals surface area (Å²) in [5.74, 6) is 0.392. The van der Waals surface area contributed by atoms with Crippen LogP contribution in [-0.4, -0.2) is 35.0 Å². The van der Waals surface area contributed by atoms with Gasteiger partial charge in [0.15, 0.2) is 0 Å². The van der Waals surface area contributed by atoms with Crippen molar-refractivity contribution in [2.75, 3.05) is 13.2 Å². The van der Waals surface area contributed by atoms with Crippen LogP contribution in [0, 0.1) is 5.92 Å². The van der Waals surface area contributed by atoms with Crippen molar-refractivity contribution < 1.29 is 10.2 Å². The van der Waals surface area contributed by atoms with Gasteiger partial charge in [0.2, 0.25) is 0 Å². The number of rotatable bonds is 6. The predicted octanol–water partition coefficient (Wildman–Crippen LogP) is 1.29. The van der Waals surface area contributed by atoms with Gasteiger partial charge in [0.25, 0.3) is 0 Å². The smallest absolute Gasteiger partial charge is 0.0766 e. The minimum Gasteiger partial charge on any atom is -0.396 e. The first kappa shape index (κ1) is 12.9.